The molecular weight excluding hydrogens is 354 g/mol. The maximum Gasteiger partial charge on any atom is 0.408 e. The molecule has 4 N–H and O–H groups in total. The van der Waals surface area contributed by atoms with Gasteiger partial charge in [0.15, 0.2) is 0 Å². The van der Waals surface area contributed by atoms with Gasteiger partial charge < -0.3 is 25.6 Å². The lowest BCUT2D eigenvalue weighted by Gasteiger charge is -2.23. The molecule has 9 heteroatoms. The number of nitriles is 1. The average molecular weight is 377 g/mol. The van der Waals surface area contributed by atoms with Crippen LogP contribution in [0, 0.1) is 17.2 Å². The molecule has 0 aliphatic heterocycles. The fourth-order valence-corrected chi connectivity index (χ4v) is 2.19. The lowest BCUT2D eigenvalue weighted by Crippen LogP contribution is -2.56. The number of aliphatic carboxylic acids is 1. The third-order valence-electron chi connectivity index (χ3n) is 3.68. The highest BCUT2D eigenvalue weighted by Crippen LogP contribution is 2.07. The molecule has 4 atom stereocenters. The fraction of sp³-hybridized carbons (Fsp3) is 0.444. The molecule has 0 unspecified atom stereocenters. The van der Waals surface area contributed by atoms with Crippen LogP contribution in [-0.4, -0.2) is 46.4 Å². The number of rotatable bonds is 9. The number of carboxylic acid groups (broad SMARTS) is 1. The van der Waals surface area contributed by atoms with Crippen molar-refractivity contribution in [2.45, 2.75) is 45.1 Å². The van der Waals surface area contributed by atoms with E-state index in [0.29, 0.717) is 0 Å². The van der Waals surface area contributed by atoms with Crippen LogP contribution in [-0.2, 0) is 20.9 Å². The van der Waals surface area contributed by atoms with Crippen molar-refractivity contribution in [2.75, 3.05) is 0 Å². The van der Waals surface area contributed by atoms with Crippen molar-refractivity contribution in [1.82, 2.24) is 10.6 Å². The van der Waals surface area contributed by atoms with Crippen molar-refractivity contribution in [3.05, 3.63) is 35.9 Å². The van der Waals surface area contributed by atoms with Crippen LogP contribution in [0.2, 0.25) is 0 Å². The zero-order valence-corrected chi connectivity index (χ0v) is 15.1. The van der Waals surface area contributed by atoms with Crippen LogP contribution in [0.1, 0.15) is 25.8 Å². The molecule has 1 aromatic carbocycles. The zero-order valence-electron chi connectivity index (χ0n) is 15.1. The van der Waals surface area contributed by atoms with E-state index in [0.717, 1.165) is 5.56 Å². The molecule has 0 spiro atoms. The summed E-state index contributed by atoms with van der Waals surface area (Å²) < 4.78 is 4.99. The first-order chi connectivity index (χ1) is 12.7. The smallest absolute Gasteiger partial charge is 0.408 e. The molecule has 0 bridgehead atoms. The Bertz CT molecular complexity index is 686. The molecule has 0 radical (unpaired) electrons. The first kappa shape index (κ1) is 21.9. The van der Waals surface area contributed by atoms with Crippen molar-refractivity contribution in [2.24, 2.45) is 5.92 Å². The minimum atomic E-state index is -1.41. The lowest BCUT2D eigenvalue weighted by molar-refractivity contribution is -0.142. The molecule has 0 saturated carbocycles. The lowest BCUT2D eigenvalue weighted by atomic mass is 10.0. The number of carboxylic acids is 1. The third-order valence-corrected chi connectivity index (χ3v) is 3.68. The standard InChI is InChI=1S/C18H23N3O6/c1-11(9-19)8-14(17(24)25)20-16(23)15(12(2)22)21-18(26)27-10-13-6-4-3-5-7-13/h3-7,11-12,14-15,22H,8,10H2,1-2H3,(H,20,23)(H,21,26)(H,24,25)/t11-,12+,14+,15-/m0/s1. The highest BCUT2D eigenvalue weighted by molar-refractivity contribution is 5.89. The molecule has 0 saturated heterocycles. The predicted molar refractivity (Wildman–Crippen MR) is 94.2 cm³/mol. The number of nitrogens with zero attached hydrogens (tertiary/aromatic N) is 1. The summed E-state index contributed by atoms with van der Waals surface area (Å²) in [5, 5.41) is 32.2. The second kappa shape index (κ2) is 10.8. The van der Waals surface area contributed by atoms with Crippen LogP contribution in [0.25, 0.3) is 0 Å². The van der Waals surface area contributed by atoms with E-state index >= 15 is 0 Å². The number of carbonyl (C=O) groups excluding carboxylic acids is 2. The second-order valence-corrected chi connectivity index (χ2v) is 6.09. The summed E-state index contributed by atoms with van der Waals surface area (Å²) in [6, 6.07) is 8.01. The quantitative estimate of drug-likeness (QED) is 0.497. The third kappa shape index (κ3) is 7.75. The fourth-order valence-electron chi connectivity index (χ4n) is 2.19. The summed E-state index contributed by atoms with van der Waals surface area (Å²) >= 11 is 0. The molecule has 0 fully saturated rings. The number of ether oxygens (including phenoxy) is 1. The van der Waals surface area contributed by atoms with Crippen LogP contribution >= 0.6 is 0 Å². The van der Waals surface area contributed by atoms with E-state index in [-0.39, 0.29) is 13.0 Å². The van der Waals surface area contributed by atoms with Gasteiger partial charge in [0, 0.05) is 5.92 Å². The van der Waals surface area contributed by atoms with E-state index in [1.54, 1.807) is 24.3 Å². The van der Waals surface area contributed by atoms with Gasteiger partial charge in [0.05, 0.1) is 12.2 Å². The number of alkyl carbamates (subject to hydrolysis) is 1. The van der Waals surface area contributed by atoms with E-state index in [1.807, 2.05) is 12.1 Å². The highest BCUT2D eigenvalue weighted by Gasteiger charge is 2.30. The molecule has 1 rings (SSSR count). The van der Waals surface area contributed by atoms with Crippen LogP contribution in [0.5, 0.6) is 0 Å². The molecule has 0 aromatic heterocycles. The van der Waals surface area contributed by atoms with Gasteiger partial charge in [-0.15, -0.1) is 0 Å². The van der Waals surface area contributed by atoms with Crippen molar-refractivity contribution in [3.8, 4) is 6.07 Å². The van der Waals surface area contributed by atoms with E-state index in [1.165, 1.54) is 13.8 Å². The molecule has 0 aliphatic rings. The van der Waals surface area contributed by atoms with Crippen molar-refractivity contribution in [3.63, 3.8) is 0 Å². The van der Waals surface area contributed by atoms with Crippen molar-refractivity contribution < 1.29 is 29.3 Å². The number of hydrogen-bond acceptors (Lipinski definition) is 6. The van der Waals surface area contributed by atoms with Gasteiger partial charge in [0.2, 0.25) is 5.91 Å². The van der Waals surface area contributed by atoms with Crippen molar-refractivity contribution in [1.29, 1.82) is 5.26 Å². The molecule has 2 amide bonds. The Morgan fingerprint density at radius 3 is 2.33 bits per heavy atom. The Balaban J connectivity index is 2.67. The van der Waals surface area contributed by atoms with E-state index in [9.17, 15) is 24.6 Å². The Morgan fingerprint density at radius 2 is 1.81 bits per heavy atom. The summed E-state index contributed by atoms with van der Waals surface area (Å²) in [5.41, 5.74) is 0.738. The first-order valence-electron chi connectivity index (χ1n) is 8.32. The Kier molecular flexibility index (Phi) is 8.75. The zero-order chi connectivity index (χ0) is 20.4. The molecule has 27 heavy (non-hydrogen) atoms. The second-order valence-electron chi connectivity index (χ2n) is 6.09. The Labute approximate surface area is 156 Å². The summed E-state index contributed by atoms with van der Waals surface area (Å²) in [6.45, 7) is 2.76. The Morgan fingerprint density at radius 1 is 1.19 bits per heavy atom. The van der Waals surface area contributed by atoms with Gasteiger partial charge in [-0.1, -0.05) is 30.3 Å². The van der Waals surface area contributed by atoms with Crippen molar-refractivity contribution >= 4 is 18.0 Å². The largest absolute Gasteiger partial charge is 0.480 e. The predicted octanol–water partition coefficient (Wildman–Crippen LogP) is 0.781. The number of aliphatic hydroxyl groups excluding tert-OH is 1. The summed E-state index contributed by atoms with van der Waals surface area (Å²) in [5.74, 6) is -2.80. The molecule has 146 valence electrons. The highest BCUT2D eigenvalue weighted by atomic mass is 16.5. The van der Waals surface area contributed by atoms with Gasteiger partial charge >= 0.3 is 12.1 Å². The molecule has 0 aliphatic carbocycles. The average Bonchev–Trinajstić information content (AvgIpc) is 2.64. The summed E-state index contributed by atoms with van der Waals surface area (Å²) in [7, 11) is 0. The van der Waals surface area contributed by atoms with Gasteiger partial charge in [-0.2, -0.15) is 5.26 Å². The SMILES string of the molecule is C[C@H](C#N)C[C@@H](NC(=O)[C@@H](NC(=O)OCc1ccccc1)[C@@H](C)O)C(=O)O. The monoisotopic (exact) mass is 377 g/mol. The molecule has 0 heterocycles. The van der Waals surface area contributed by atoms with Crippen LogP contribution < -0.4 is 10.6 Å². The van der Waals surface area contributed by atoms with E-state index in [2.05, 4.69) is 10.6 Å². The minimum absolute atomic E-state index is 0.0295. The number of benzene rings is 1. The van der Waals surface area contributed by atoms with Gasteiger partial charge in [-0.05, 0) is 25.8 Å². The van der Waals surface area contributed by atoms with Gasteiger partial charge in [-0.25, -0.2) is 9.59 Å². The van der Waals surface area contributed by atoms with Gasteiger partial charge in [0.1, 0.15) is 18.7 Å². The normalized spacial score (nSPS) is 14.7. The topological polar surface area (TPSA) is 149 Å². The number of hydrogen-bond donors (Lipinski definition) is 4. The number of amides is 2. The number of aliphatic hydroxyl groups is 1. The van der Waals surface area contributed by atoms with E-state index in [4.69, 9.17) is 10.00 Å². The number of nitrogens with one attached hydrogen (secondary N) is 2. The first-order valence-corrected chi connectivity index (χ1v) is 8.32. The Hall–Kier alpha value is -3.12. The minimum Gasteiger partial charge on any atom is -0.480 e. The number of carbonyl (C=O) groups is 3. The molecular formula is C18H23N3O6. The maximum absolute atomic E-state index is 12.3. The summed E-state index contributed by atoms with van der Waals surface area (Å²) in [6.07, 6.45) is -2.34. The molecule has 1 aromatic rings. The van der Waals surface area contributed by atoms with Gasteiger partial charge in [0.25, 0.3) is 0 Å². The van der Waals surface area contributed by atoms with Crippen LogP contribution in [0.15, 0.2) is 30.3 Å². The summed E-state index contributed by atoms with van der Waals surface area (Å²) in [4.78, 5) is 35.4. The maximum atomic E-state index is 12.3. The molecule has 9 nitrogen and oxygen atoms in total. The van der Waals surface area contributed by atoms with Gasteiger partial charge in [-0.3, -0.25) is 4.79 Å². The van der Waals surface area contributed by atoms with Crippen LogP contribution in [0.4, 0.5) is 4.79 Å². The van der Waals surface area contributed by atoms with Crippen LogP contribution in [0.3, 0.4) is 0 Å². The van der Waals surface area contributed by atoms with E-state index < -0.39 is 42.1 Å².